The van der Waals surface area contributed by atoms with Gasteiger partial charge in [-0.2, -0.15) is 0 Å². The van der Waals surface area contributed by atoms with Crippen LogP contribution in [0.1, 0.15) is 12.8 Å². The van der Waals surface area contributed by atoms with E-state index in [0.29, 0.717) is 52.4 Å². The van der Waals surface area contributed by atoms with Crippen molar-refractivity contribution in [2.24, 2.45) is 11.1 Å². The summed E-state index contributed by atoms with van der Waals surface area (Å²) in [5.41, 5.74) is 7.08. The molecule has 1 aliphatic carbocycles. The van der Waals surface area contributed by atoms with E-state index in [0.717, 1.165) is 0 Å². The van der Waals surface area contributed by atoms with E-state index in [1.165, 1.54) is 48.0 Å². The summed E-state index contributed by atoms with van der Waals surface area (Å²) in [6, 6.07) is 16.9. The van der Waals surface area contributed by atoms with Gasteiger partial charge < -0.3 is 19.9 Å². The minimum Gasteiger partial charge on any atom is -0.493 e. The zero-order valence-corrected chi connectivity index (χ0v) is 21.8. The standard InChI is InChI=1S/C29H25FN4O7/c1-39-24-14-21-22(15-25(24)40-16-26(35)33-38)32-13-10-23(21)41-20-8-6-19(7-9-20)34(18-4-2-17(30)3-5-18)28(37)29(11-12-29)27(31)36/h2-10,13-15,38H,11-12,16H2,1H3,(H2,31,36)(H,33,35). The number of nitrogens with one attached hydrogen (secondary N) is 1. The van der Waals surface area contributed by atoms with Crippen LogP contribution in [0, 0.1) is 11.2 Å². The van der Waals surface area contributed by atoms with Crippen molar-refractivity contribution in [1.29, 1.82) is 0 Å². The number of benzene rings is 3. The van der Waals surface area contributed by atoms with Gasteiger partial charge in [0.15, 0.2) is 18.1 Å². The van der Waals surface area contributed by atoms with E-state index in [9.17, 15) is 18.8 Å². The van der Waals surface area contributed by atoms with Gasteiger partial charge in [-0.05, 0) is 73.5 Å². The topological polar surface area (TPSA) is 153 Å². The Kier molecular flexibility index (Phi) is 7.40. The van der Waals surface area contributed by atoms with Crippen LogP contribution in [0.4, 0.5) is 15.8 Å². The number of nitrogens with zero attached hydrogens (tertiary/aromatic N) is 2. The van der Waals surface area contributed by atoms with Crippen LogP contribution in [0.15, 0.2) is 72.9 Å². The van der Waals surface area contributed by atoms with Crippen LogP contribution in [0.2, 0.25) is 0 Å². The maximum Gasteiger partial charge on any atom is 0.281 e. The van der Waals surface area contributed by atoms with Crippen molar-refractivity contribution in [1.82, 2.24) is 10.5 Å². The Morgan fingerprint density at radius 1 is 1.00 bits per heavy atom. The van der Waals surface area contributed by atoms with Gasteiger partial charge >= 0.3 is 0 Å². The molecule has 0 bridgehead atoms. The largest absolute Gasteiger partial charge is 0.493 e. The molecule has 4 aromatic rings. The Morgan fingerprint density at radius 3 is 2.24 bits per heavy atom. The second-order valence-corrected chi connectivity index (χ2v) is 9.31. The van der Waals surface area contributed by atoms with E-state index in [4.69, 9.17) is 25.2 Å². The molecule has 5 rings (SSSR count). The van der Waals surface area contributed by atoms with E-state index in [1.54, 1.807) is 42.5 Å². The SMILES string of the molecule is COc1cc2c(Oc3ccc(N(C(=O)C4(C(N)=O)CC4)c4ccc(F)cc4)cc3)ccnc2cc1OCC(=O)NO. The molecule has 12 heteroatoms. The van der Waals surface area contributed by atoms with Crippen molar-refractivity contribution in [3.63, 3.8) is 0 Å². The van der Waals surface area contributed by atoms with E-state index in [2.05, 4.69) is 4.98 Å². The highest BCUT2D eigenvalue weighted by Crippen LogP contribution is 2.49. The minimum atomic E-state index is -1.29. The first-order valence-corrected chi connectivity index (χ1v) is 12.5. The van der Waals surface area contributed by atoms with Crippen molar-refractivity contribution < 1.29 is 38.2 Å². The first kappa shape index (κ1) is 27.3. The third-order valence-electron chi connectivity index (χ3n) is 6.71. The zero-order valence-electron chi connectivity index (χ0n) is 21.8. The molecule has 0 saturated heterocycles. The molecule has 0 unspecified atom stereocenters. The number of nitrogens with two attached hydrogens (primary N) is 1. The highest BCUT2D eigenvalue weighted by Gasteiger charge is 2.57. The van der Waals surface area contributed by atoms with E-state index >= 15 is 0 Å². The predicted molar refractivity (Wildman–Crippen MR) is 145 cm³/mol. The van der Waals surface area contributed by atoms with E-state index < -0.39 is 35.6 Å². The minimum absolute atomic E-state index is 0.243. The van der Waals surface area contributed by atoms with Crippen LogP contribution in [0.25, 0.3) is 10.9 Å². The van der Waals surface area contributed by atoms with Gasteiger partial charge in [-0.1, -0.05) is 0 Å². The van der Waals surface area contributed by atoms with Crippen molar-refractivity contribution in [3.05, 3.63) is 78.7 Å². The van der Waals surface area contributed by atoms with Gasteiger partial charge in [-0.3, -0.25) is 29.5 Å². The normalized spacial score (nSPS) is 13.2. The molecule has 210 valence electrons. The first-order valence-electron chi connectivity index (χ1n) is 12.5. The zero-order chi connectivity index (χ0) is 29.1. The lowest BCUT2D eigenvalue weighted by atomic mass is 10.0. The molecule has 11 nitrogen and oxygen atoms in total. The number of aromatic nitrogens is 1. The Morgan fingerprint density at radius 2 is 1.66 bits per heavy atom. The summed E-state index contributed by atoms with van der Waals surface area (Å²) in [5.74, 6) is -0.938. The predicted octanol–water partition coefficient (Wildman–Crippen LogP) is 3.99. The number of hydrogen-bond acceptors (Lipinski definition) is 8. The molecule has 0 radical (unpaired) electrons. The fourth-order valence-electron chi connectivity index (χ4n) is 4.33. The molecule has 4 N–H and O–H groups in total. The van der Waals surface area contributed by atoms with Crippen LogP contribution in [0.3, 0.4) is 0 Å². The number of hydroxylamine groups is 1. The summed E-state index contributed by atoms with van der Waals surface area (Å²) in [6.07, 6.45) is 2.23. The smallest absolute Gasteiger partial charge is 0.281 e. The molecule has 1 aromatic heterocycles. The van der Waals surface area contributed by atoms with Gasteiger partial charge in [0.25, 0.3) is 5.91 Å². The van der Waals surface area contributed by atoms with E-state index in [-0.39, 0.29) is 5.75 Å². The number of methoxy groups -OCH3 is 1. The van der Waals surface area contributed by atoms with Crippen molar-refractivity contribution in [2.75, 3.05) is 18.6 Å². The summed E-state index contributed by atoms with van der Waals surface area (Å²) in [6.45, 7) is -0.432. The van der Waals surface area contributed by atoms with Gasteiger partial charge in [-0.25, -0.2) is 9.87 Å². The summed E-state index contributed by atoms with van der Waals surface area (Å²) in [4.78, 5) is 42.7. The van der Waals surface area contributed by atoms with Gasteiger partial charge in [0.1, 0.15) is 22.7 Å². The summed E-state index contributed by atoms with van der Waals surface area (Å²) < 4.78 is 30.6. The summed E-state index contributed by atoms with van der Waals surface area (Å²) in [7, 11) is 1.44. The number of pyridine rings is 1. The summed E-state index contributed by atoms with van der Waals surface area (Å²) >= 11 is 0. The third-order valence-corrected chi connectivity index (χ3v) is 6.71. The fourth-order valence-corrected chi connectivity index (χ4v) is 4.33. The second-order valence-electron chi connectivity index (χ2n) is 9.31. The highest BCUT2D eigenvalue weighted by atomic mass is 19.1. The van der Waals surface area contributed by atoms with Crippen LogP contribution < -0.4 is 30.3 Å². The monoisotopic (exact) mass is 560 g/mol. The quantitative estimate of drug-likeness (QED) is 0.150. The molecule has 1 aliphatic rings. The number of halogens is 1. The number of anilines is 2. The first-order chi connectivity index (χ1) is 19.8. The number of amides is 3. The maximum absolute atomic E-state index is 13.6. The average Bonchev–Trinajstić information content (AvgIpc) is 3.80. The van der Waals surface area contributed by atoms with Crippen molar-refractivity contribution in [3.8, 4) is 23.0 Å². The number of carbonyl (C=O) groups is 3. The van der Waals surface area contributed by atoms with E-state index in [1.807, 2.05) is 0 Å². The molecular formula is C29H25FN4O7. The van der Waals surface area contributed by atoms with Crippen molar-refractivity contribution in [2.45, 2.75) is 12.8 Å². The van der Waals surface area contributed by atoms with Gasteiger partial charge in [0.2, 0.25) is 11.8 Å². The third kappa shape index (κ3) is 5.45. The molecule has 0 aliphatic heterocycles. The lowest BCUT2D eigenvalue weighted by molar-refractivity contribution is -0.133. The van der Waals surface area contributed by atoms with Gasteiger partial charge in [-0.15, -0.1) is 0 Å². The van der Waals surface area contributed by atoms with Gasteiger partial charge in [0.05, 0.1) is 12.6 Å². The number of ether oxygens (including phenoxy) is 3. The molecule has 0 atom stereocenters. The Labute approximate surface area is 233 Å². The Balaban J connectivity index is 1.44. The number of rotatable bonds is 10. The van der Waals surface area contributed by atoms with Crippen molar-refractivity contribution >= 4 is 40.0 Å². The molecule has 41 heavy (non-hydrogen) atoms. The highest BCUT2D eigenvalue weighted by molar-refractivity contribution is 6.16. The maximum atomic E-state index is 13.6. The Hall–Kier alpha value is -5.23. The second kappa shape index (κ2) is 11.1. The summed E-state index contributed by atoms with van der Waals surface area (Å²) in [5, 5.41) is 9.29. The van der Waals surface area contributed by atoms with Gasteiger partial charge in [0, 0.05) is 29.0 Å². The molecule has 1 saturated carbocycles. The molecular weight excluding hydrogens is 535 g/mol. The molecule has 0 spiro atoms. The van der Waals surface area contributed by atoms with Crippen LogP contribution >= 0.6 is 0 Å². The lowest BCUT2D eigenvalue weighted by Crippen LogP contribution is -2.41. The number of hydrogen-bond donors (Lipinski definition) is 3. The number of fused-ring (bicyclic) bond motifs is 1. The lowest BCUT2D eigenvalue weighted by Gasteiger charge is -2.26. The molecule has 1 heterocycles. The van der Waals surface area contributed by atoms with Crippen LogP contribution in [-0.4, -0.2) is 41.6 Å². The number of carbonyl (C=O) groups excluding carboxylic acids is 3. The van der Waals surface area contributed by atoms with Crippen LogP contribution in [-0.2, 0) is 14.4 Å². The number of primary amides is 1. The average molecular weight is 561 g/mol. The fraction of sp³-hybridized carbons (Fsp3) is 0.172. The molecule has 3 aromatic carbocycles. The Bertz CT molecular complexity index is 1620. The molecule has 3 amide bonds. The van der Waals surface area contributed by atoms with Crippen LogP contribution in [0.5, 0.6) is 23.0 Å². The molecule has 1 fully saturated rings.